The predicted octanol–water partition coefficient (Wildman–Crippen LogP) is 6.65. The highest BCUT2D eigenvalue weighted by Gasteiger charge is 2.51. The Morgan fingerprint density at radius 1 is 0.974 bits per heavy atom. The zero-order chi connectivity index (χ0) is 55.9. The number of ether oxygens (including phenoxy) is 2. The van der Waals surface area contributed by atoms with Crippen molar-refractivity contribution >= 4 is 35.4 Å². The highest BCUT2D eigenvalue weighted by molar-refractivity contribution is 5.93. The molecule has 420 valence electrons. The minimum absolute atomic E-state index is 0.0104. The molecule has 7 N–H and O–H groups in total. The van der Waals surface area contributed by atoms with Gasteiger partial charge in [0, 0.05) is 55.9 Å². The van der Waals surface area contributed by atoms with Crippen LogP contribution in [0.2, 0.25) is 0 Å². The molecule has 4 heterocycles. The number of aliphatic hydroxyl groups excluding tert-OH is 3. The van der Waals surface area contributed by atoms with E-state index in [2.05, 4.69) is 41.3 Å². The van der Waals surface area contributed by atoms with Crippen molar-refractivity contribution in [2.24, 2.45) is 41.4 Å². The number of esters is 1. The summed E-state index contributed by atoms with van der Waals surface area (Å²) in [6, 6.07) is 6.06. The van der Waals surface area contributed by atoms with Crippen molar-refractivity contribution in [3.63, 3.8) is 0 Å². The number of rotatable bonds is 15. The lowest BCUT2D eigenvalue weighted by Crippen LogP contribution is -2.64. The van der Waals surface area contributed by atoms with Crippen LogP contribution in [0.4, 0.5) is 0 Å². The van der Waals surface area contributed by atoms with Crippen LogP contribution in [0.1, 0.15) is 139 Å². The van der Waals surface area contributed by atoms with Crippen molar-refractivity contribution in [1.82, 2.24) is 26.4 Å². The van der Waals surface area contributed by atoms with E-state index < -0.39 is 89.7 Å². The molecule has 4 aliphatic heterocycles. The Kier molecular flexibility index (Phi) is 23.4. The third kappa shape index (κ3) is 16.6. The summed E-state index contributed by atoms with van der Waals surface area (Å²) in [5.41, 5.74) is 4.74. The van der Waals surface area contributed by atoms with Gasteiger partial charge in [0.1, 0.15) is 30.0 Å². The summed E-state index contributed by atoms with van der Waals surface area (Å²) in [7, 11) is 0. The number of nitrogens with one attached hydrogen (secondary N) is 4. The molecule has 15 atom stereocenters. The maximum atomic E-state index is 14.5. The summed E-state index contributed by atoms with van der Waals surface area (Å²) in [6.45, 7) is 18.9. The van der Waals surface area contributed by atoms with Gasteiger partial charge < -0.3 is 45.5 Å². The molecule has 1 aromatic rings. The SMILES string of the molecule is CCC1CC(C)C2(NC1=O)OC(CC(O)C(C)CCC=CC=C(C)C1CC=CC=CC(O)C(C)C(O)C(CCC(C)=O)C(=O)NC(C(C)C)C(=O)NC(Cc3ccccc3)C(=O)N3CCCC(N3)C(=O)O1)C(C)C=C2C. The Labute approximate surface area is 451 Å². The lowest BCUT2D eigenvalue weighted by molar-refractivity contribution is -0.179. The van der Waals surface area contributed by atoms with Gasteiger partial charge in [-0.25, -0.2) is 5.43 Å². The van der Waals surface area contributed by atoms with Crippen molar-refractivity contribution < 1.29 is 53.6 Å². The molecule has 0 radical (unpaired) electrons. The number of nitrogens with zero attached hydrogens (tertiary/aromatic N) is 1. The number of amides is 4. The summed E-state index contributed by atoms with van der Waals surface area (Å²) < 4.78 is 13.0. The summed E-state index contributed by atoms with van der Waals surface area (Å²) in [5, 5.41) is 44.6. The maximum absolute atomic E-state index is 14.5. The molecule has 4 aliphatic rings. The van der Waals surface area contributed by atoms with Gasteiger partial charge in [-0.3, -0.25) is 29.0 Å². The third-order valence-corrected chi connectivity index (χ3v) is 16.1. The van der Waals surface area contributed by atoms with Crippen LogP contribution < -0.4 is 21.4 Å². The van der Waals surface area contributed by atoms with Gasteiger partial charge >= 0.3 is 5.97 Å². The number of carbonyl (C=O) groups excluding carboxylic acids is 6. The summed E-state index contributed by atoms with van der Waals surface area (Å²) in [5.74, 6) is -4.91. The molecule has 5 rings (SSSR count). The molecule has 2 bridgehead atoms. The summed E-state index contributed by atoms with van der Waals surface area (Å²) in [6.07, 6.45) is 14.9. The van der Waals surface area contributed by atoms with Crippen LogP contribution >= 0.6 is 0 Å². The molecule has 0 aliphatic carbocycles. The van der Waals surface area contributed by atoms with E-state index in [4.69, 9.17) is 9.47 Å². The van der Waals surface area contributed by atoms with Crippen LogP contribution in [-0.4, -0.2) is 117 Å². The molecule has 4 amide bonds. The number of hydrogen-bond donors (Lipinski definition) is 7. The average molecular weight is 1060 g/mol. The molecular formula is C60H89N5O11. The average Bonchev–Trinajstić information content (AvgIpc) is 3.39. The largest absolute Gasteiger partial charge is 0.456 e. The Balaban J connectivity index is 1.34. The molecule has 0 saturated carbocycles. The molecule has 1 spiro atoms. The highest BCUT2D eigenvalue weighted by Crippen LogP contribution is 2.43. The van der Waals surface area contributed by atoms with Gasteiger partial charge in [0.15, 0.2) is 5.72 Å². The number of cyclic esters (lactones) is 1. The second-order valence-electron chi connectivity index (χ2n) is 22.5. The van der Waals surface area contributed by atoms with Crippen molar-refractivity contribution in [1.29, 1.82) is 0 Å². The van der Waals surface area contributed by atoms with Crippen LogP contribution in [0, 0.1) is 41.4 Å². The zero-order valence-electron chi connectivity index (χ0n) is 46.7. The number of allylic oxidation sites excluding steroid dienone is 5. The van der Waals surface area contributed by atoms with Crippen LogP contribution in [0.25, 0.3) is 0 Å². The van der Waals surface area contributed by atoms with Gasteiger partial charge in [0.25, 0.3) is 5.91 Å². The van der Waals surface area contributed by atoms with Crippen LogP contribution in [0.15, 0.2) is 90.1 Å². The number of carbonyl (C=O) groups is 6. The van der Waals surface area contributed by atoms with E-state index in [9.17, 15) is 44.1 Å². The van der Waals surface area contributed by atoms with E-state index in [1.807, 2.05) is 76.3 Å². The lowest BCUT2D eigenvalue weighted by atomic mass is 9.75. The van der Waals surface area contributed by atoms with Gasteiger partial charge in [-0.2, -0.15) is 0 Å². The molecule has 2 fully saturated rings. The Morgan fingerprint density at radius 2 is 1.70 bits per heavy atom. The predicted molar refractivity (Wildman–Crippen MR) is 292 cm³/mol. The highest BCUT2D eigenvalue weighted by atomic mass is 16.5. The van der Waals surface area contributed by atoms with E-state index in [0.717, 1.165) is 29.6 Å². The fourth-order valence-electron chi connectivity index (χ4n) is 10.8. The first-order chi connectivity index (χ1) is 36.1. The minimum Gasteiger partial charge on any atom is -0.456 e. The topological polar surface area (TPSA) is 233 Å². The normalized spacial score (nSPS) is 32.7. The number of piperidine rings is 1. The zero-order valence-corrected chi connectivity index (χ0v) is 46.7. The Bertz CT molecular complexity index is 2300. The molecule has 15 unspecified atom stereocenters. The first kappa shape index (κ1) is 61.6. The monoisotopic (exact) mass is 1060 g/mol. The molecule has 1 aromatic carbocycles. The number of aliphatic hydroxyl groups is 3. The number of hydrazine groups is 1. The molecule has 16 nitrogen and oxygen atoms in total. The van der Waals surface area contributed by atoms with Gasteiger partial charge in [0.2, 0.25) is 17.7 Å². The number of ketones is 1. The van der Waals surface area contributed by atoms with Gasteiger partial charge in [-0.1, -0.05) is 127 Å². The standard InChI is InChI=1S/C60H89N5O11/c1-11-45-33-41(8)60(63-55(45)70)40(7)32-39(6)52(76-60)35-50(68)37(4)22-15-12-16-23-38(5)51-28-20-14-19-27-49(67)43(10)54(69)46(30-29-42(9)66)56(71)62-53(36(2)3)57(72)61-48(34-44-24-17-13-18-25-44)58(73)65-31-21-26-47(64-65)59(74)75-51/h12-14,16-20,23-25,27,32,36-37,39,41,43,45-54,64,67-69H,11,15,21-22,26,28-31,33-35H2,1-10H3,(H,61,72)(H,62,71)(H,63,70). The van der Waals surface area contributed by atoms with Gasteiger partial charge in [0.05, 0.1) is 30.3 Å². The van der Waals surface area contributed by atoms with Crippen molar-refractivity contribution in [2.75, 3.05) is 6.54 Å². The third-order valence-electron chi connectivity index (χ3n) is 16.1. The fraction of sp³-hybridized carbons (Fsp3) is 0.633. The summed E-state index contributed by atoms with van der Waals surface area (Å²) >= 11 is 0. The number of benzene rings is 1. The lowest BCUT2D eigenvalue weighted by Gasteiger charge is -2.51. The van der Waals surface area contributed by atoms with Crippen molar-refractivity contribution in [3.05, 3.63) is 95.6 Å². The Morgan fingerprint density at radius 3 is 2.38 bits per heavy atom. The van der Waals surface area contributed by atoms with Crippen LogP contribution in [0.3, 0.4) is 0 Å². The first-order valence-corrected chi connectivity index (χ1v) is 27.9. The molecule has 16 heteroatoms. The van der Waals surface area contributed by atoms with Gasteiger partial charge in [-0.05, 0) is 94.3 Å². The second-order valence-corrected chi connectivity index (χ2v) is 22.5. The van der Waals surface area contributed by atoms with Gasteiger partial charge in [-0.15, -0.1) is 0 Å². The number of Topliss-reactive ketones (excluding diaryl/α,β-unsaturated/α-hetero) is 1. The van der Waals surface area contributed by atoms with Crippen LogP contribution in [-0.2, 0) is 44.7 Å². The van der Waals surface area contributed by atoms with E-state index in [1.54, 1.807) is 39.0 Å². The number of hydrogen-bond acceptors (Lipinski definition) is 12. The van der Waals surface area contributed by atoms with Crippen molar-refractivity contribution in [3.8, 4) is 0 Å². The molecule has 2 saturated heterocycles. The minimum atomic E-state index is -1.40. The van der Waals surface area contributed by atoms with Crippen LogP contribution in [0.5, 0.6) is 0 Å². The maximum Gasteiger partial charge on any atom is 0.325 e. The van der Waals surface area contributed by atoms with E-state index in [1.165, 1.54) is 18.0 Å². The molecular weight excluding hydrogens is 967 g/mol. The second kappa shape index (κ2) is 28.9. The fourth-order valence-corrected chi connectivity index (χ4v) is 10.8. The number of fused-ring (bicyclic) bond motifs is 2. The molecule has 0 aromatic heterocycles. The first-order valence-electron chi connectivity index (χ1n) is 27.9. The Hall–Kier alpha value is -5.26. The van der Waals surface area contributed by atoms with Crippen molar-refractivity contribution in [2.45, 2.75) is 194 Å². The molecule has 76 heavy (non-hydrogen) atoms. The smallest absolute Gasteiger partial charge is 0.325 e. The van der Waals surface area contributed by atoms with E-state index in [0.29, 0.717) is 32.1 Å². The van der Waals surface area contributed by atoms with E-state index in [-0.39, 0.29) is 73.7 Å². The quantitative estimate of drug-likeness (QED) is 0.0556. The van der Waals surface area contributed by atoms with E-state index >= 15 is 0 Å². The summed E-state index contributed by atoms with van der Waals surface area (Å²) in [4.78, 5) is 82.0.